The van der Waals surface area contributed by atoms with Crippen LogP contribution in [0.4, 0.5) is 11.6 Å². The number of ether oxygens (including phenoxy) is 3. The van der Waals surface area contributed by atoms with Crippen LogP contribution in [0.2, 0.25) is 0 Å². The van der Waals surface area contributed by atoms with Crippen molar-refractivity contribution >= 4 is 22.7 Å². The maximum atomic E-state index is 12.9. The molecule has 0 saturated carbocycles. The molecule has 4 atom stereocenters. The van der Waals surface area contributed by atoms with Crippen LogP contribution in [-0.2, 0) is 16.1 Å². The molecule has 13 heteroatoms. The quantitative estimate of drug-likeness (QED) is 0.255. The van der Waals surface area contributed by atoms with Gasteiger partial charge in [-0.1, -0.05) is 20.8 Å². The van der Waals surface area contributed by atoms with Gasteiger partial charge in [0.25, 0.3) is 11.2 Å². The summed E-state index contributed by atoms with van der Waals surface area (Å²) in [5.41, 5.74) is 5.67. The first-order chi connectivity index (χ1) is 17.4. The number of nitro groups is 1. The Balaban J connectivity index is 1.74. The standard InChI is InChI=1S/C24H31N5O8/c1-24(2,3)20(14-6-5-13(35-4)7-15(14)29(33)34)36-11-12-9-28(18-8-16(31)17(10-30)37-18)21-19(12)22(32)27-23(25)26-21/h5-7,9,16-18,20,30-31H,8,10-11H2,1-4H3,(H3,25,26,27,32)/t16?,17-,18-,20?/m1/s1. The number of aromatic amines is 1. The minimum absolute atomic E-state index is 0.0813. The fourth-order valence-corrected chi connectivity index (χ4v) is 4.64. The van der Waals surface area contributed by atoms with Crippen molar-refractivity contribution in [1.29, 1.82) is 0 Å². The highest BCUT2D eigenvalue weighted by Crippen LogP contribution is 2.42. The lowest BCUT2D eigenvalue weighted by Gasteiger charge is -2.31. The highest BCUT2D eigenvalue weighted by molar-refractivity contribution is 5.80. The normalized spacial score (nSPS) is 20.9. The summed E-state index contributed by atoms with van der Waals surface area (Å²) in [5.74, 6) is 0.254. The third kappa shape index (κ3) is 5.16. The van der Waals surface area contributed by atoms with Gasteiger partial charge in [-0.3, -0.25) is 19.9 Å². The minimum Gasteiger partial charge on any atom is -0.497 e. The molecule has 2 unspecified atom stereocenters. The molecular weight excluding hydrogens is 486 g/mol. The first-order valence-electron chi connectivity index (χ1n) is 11.7. The van der Waals surface area contributed by atoms with E-state index in [1.165, 1.54) is 13.2 Å². The van der Waals surface area contributed by atoms with Crippen LogP contribution in [0.15, 0.2) is 29.2 Å². The Kier molecular flexibility index (Phi) is 7.24. The maximum Gasteiger partial charge on any atom is 0.278 e. The lowest BCUT2D eigenvalue weighted by atomic mass is 9.84. The summed E-state index contributed by atoms with van der Waals surface area (Å²) in [7, 11) is 1.43. The van der Waals surface area contributed by atoms with E-state index in [0.717, 1.165) is 0 Å². The van der Waals surface area contributed by atoms with Crippen LogP contribution >= 0.6 is 0 Å². The number of methoxy groups -OCH3 is 1. The van der Waals surface area contributed by atoms with E-state index >= 15 is 0 Å². The van der Waals surface area contributed by atoms with Crippen molar-refractivity contribution in [3.8, 4) is 5.75 Å². The van der Waals surface area contributed by atoms with E-state index in [1.807, 2.05) is 20.8 Å². The summed E-state index contributed by atoms with van der Waals surface area (Å²) >= 11 is 0. The molecule has 13 nitrogen and oxygen atoms in total. The smallest absolute Gasteiger partial charge is 0.278 e. The Labute approximate surface area is 211 Å². The van der Waals surface area contributed by atoms with Crippen LogP contribution in [-0.4, -0.2) is 55.6 Å². The van der Waals surface area contributed by atoms with Crippen molar-refractivity contribution in [3.63, 3.8) is 0 Å². The molecule has 0 aliphatic carbocycles. The van der Waals surface area contributed by atoms with Crippen LogP contribution in [0, 0.1) is 15.5 Å². The van der Waals surface area contributed by atoms with Crippen molar-refractivity contribution in [2.45, 2.75) is 58.3 Å². The lowest BCUT2D eigenvalue weighted by molar-refractivity contribution is -0.386. The van der Waals surface area contributed by atoms with Gasteiger partial charge in [-0.05, 0) is 17.5 Å². The number of benzene rings is 1. The average Bonchev–Trinajstić information content (AvgIpc) is 3.38. The maximum absolute atomic E-state index is 12.9. The molecule has 200 valence electrons. The molecule has 0 radical (unpaired) electrons. The Morgan fingerprint density at radius 3 is 2.73 bits per heavy atom. The van der Waals surface area contributed by atoms with Crippen LogP contribution in [0.1, 0.15) is 50.7 Å². The highest BCUT2D eigenvalue weighted by Gasteiger charge is 2.37. The van der Waals surface area contributed by atoms with Gasteiger partial charge < -0.3 is 34.7 Å². The Hall–Kier alpha value is -3.52. The monoisotopic (exact) mass is 517 g/mol. The molecular formula is C24H31N5O8. The van der Waals surface area contributed by atoms with E-state index in [-0.39, 0.29) is 42.3 Å². The van der Waals surface area contributed by atoms with Crippen molar-refractivity contribution in [2.75, 3.05) is 19.5 Å². The molecule has 1 aromatic carbocycles. The van der Waals surface area contributed by atoms with Crippen molar-refractivity contribution in [2.24, 2.45) is 5.41 Å². The van der Waals surface area contributed by atoms with E-state index in [1.54, 1.807) is 22.9 Å². The SMILES string of the molecule is COc1ccc(C(OCc2cn([C@H]3CC(O)[C@@H](CO)O3)c3nc(N)[nH]c(=O)c23)C(C)(C)C)c([N+](=O)[O-])c1. The second-order valence-electron chi connectivity index (χ2n) is 10.1. The van der Waals surface area contributed by atoms with Crippen molar-refractivity contribution in [3.05, 3.63) is 56.0 Å². The summed E-state index contributed by atoms with van der Waals surface area (Å²) in [6.45, 7) is 5.24. The third-order valence-corrected chi connectivity index (χ3v) is 6.38. The highest BCUT2D eigenvalue weighted by atomic mass is 16.6. The number of aliphatic hydroxyl groups excluding tert-OH is 2. The largest absolute Gasteiger partial charge is 0.497 e. The molecule has 3 aromatic rings. The fourth-order valence-electron chi connectivity index (χ4n) is 4.64. The van der Waals surface area contributed by atoms with Crippen LogP contribution in [0.3, 0.4) is 0 Å². The molecule has 1 aliphatic rings. The number of aromatic nitrogens is 3. The van der Waals surface area contributed by atoms with Gasteiger partial charge in [0.1, 0.15) is 18.1 Å². The van der Waals surface area contributed by atoms with E-state index < -0.39 is 40.4 Å². The molecule has 37 heavy (non-hydrogen) atoms. The number of hydrogen-bond acceptors (Lipinski definition) is 10. The number of nitrogens with one attached hydrogen (secondary N) is 1. The molecule has 1 saturated heterocycles. The molecule has 2 aromatic heterocycles. The van der Waals surface area contributed by atoms with E-state index in [4.69, 9.17) is 19.9 Å². The van der Waals surface area contributed by atoms with Crippen LogP contribution in [0.5, 0.6) is 5.75 Å². The summed E-state index contributed by atoms with van der Waals surface area (Å²) in [6, 6.07) is 4.59. The van der Waals surface area contributed by atoms with Gasteiger partial charge in [0.05, 0.1) is 54.5 Å². The number of fused-ring (bicyclic) bond motifs is 1. The number of hydrogen-bond donors (Lipinski definition) is 4. The minimum atomic E-state index is -0.896. The lowest BCUT2D eigenvalue weighted by Crippen LogP contribution is -2.24. The number of rotatable bonds is 8. The number of nitro benzene ring substituents is 1. The Morgan fingerprint density at radius 2 is 2.14 bits per heavy atom. The van der Waals surface area contributed by atoms with Gasteiger partial charge in [-0.15, -0.1) is 0 Å². The van der Waals surface area contributed by atoms with Gasteiger partial charge in [-0.25, -0.2) is 0 Å². The Morgan fingerprint density at radius 1 is 1.41 bits per heavy atom. The van der Waals surface area contributed by atoms with Gasteiger partial charge in [0, 0.05) is 18.2 Å². The van der Waals surface area contributed by atoms with Crippen LogP contribution in [0.25, 0.3) is 11.0 Å². The van der Waals surface area contributed by atoms with Gasteiger partial charge in [-0.2, -0.15) is 4.98 Å². The van der Waals surface area contributed by atoms with E-state index in [0.29, 0.717) is 16.9 Å². The summed E-state index contributed by atoms with van der Waals surface area (Å²) in [6.07, 6.45) is -1.29. The molecule has 0 amide bonds. The predicted octanol–water partition coefficient (Wildman–Crippen LogP) is 2.17. The summed E-state index contributed by atoms with van der Waals surface area (Å²) in [4.78, 5) is 31.0. The molecule has 5 N–H and O–H groups in total. The number of nitrogens with zero attached hydrogens (tertiary/aromatic N) is 3. The molecule has 0 spiro atoms. The molecule has 1 fully saturated rings. The number of anilines is 1. The molecule has 4 rings (SSSR count). The summed E-state index contributed by atoms with van der Waals surface area (Å²) in [5, 5.41) is 31.7. The van der Waals surface area contributed by atoms with Gasteiger partial charge in [0.15, 0.2) is 5.65 Å². The van der Waals surface area contributed by atoms with Crippen molar-refractivity contribution in [1.82, 2.24) is 14.5 Å². The summed E-state index contributed by atoms with van der Waals surface area (Å²) < 4.78 is 18.8. The van der Waals surface area contributed by atoms with Crippen molar-refractivity contribution < 1.29 is 29.3 Å². The topological polar surface area (TPSA) is 188 Å². The zero-order valence-electron chi connectivity index (χ0n) is 21.0. The zero-order valence-corrected chi connectivity index (χ0v) is 21.0. The predicted molar refractivity (Wildman–Crippen MR) is 133 cm³/mol. The van der Waals surface area contributed by atoms with E-state index in [9.17, 15) is 25.1 Å². The first kappa shape index (κ1) is 26.5. The number of H-pyrrole nitrogens is 1. The second-order valence-corrected chi connectivity index (χ2v) is 10.1. The second kappa shape index (κ2) is 10.1. The molecule has 1 aliphatic heterocycles. The third-order valence-electron chi connectivity index (χ3n) is 6.38. The fraction of sp³-hybridized carbons (Fsp3) is 0.500. The van der Waals surface area contributed by atoms with Gasteiger partial charge in [0.2, 0.25) is 5.95 Å². The molecule has 3 heterocycles. The number of nitrogens with two attached hydrogens (primary N) is 1. The average molecular weight is 518 g/mol. The van der Waals surface area contributed by atoms with Gasteiger partial charge >= 0.3 is 0 Å². The van der Waals surface area contributed by atoms with E-state index in [2.05, 4.69) is 9.97 Å². The van der Waals surface area contributed by atoms with Crippen LogP contribution < -0.4 is 16.0 Å². The Bertz CT molecular complexity index is 1360. The number of aliphatic hydroxyl groups is 2. The first-order valence-corrected chi connectivity index (χ1v) is 11.7. The zero-order chi connectivity index (χ0) is 27.1. The number of nitrogen functional groups attached to an aromatic ring is 1. The molecule has 0 bridgehead atoms.